The Kier molecular flexibility index (Phi) is 5.31. The van der Waals surface area contributed by atoms with E-state index in [4.69, 9.17) is 0 Å². The maximum atomic E-state index is 11.2. The number of thioether (sulfide) groups is 1. The molecule has 0 aliphatic rings. The van der Waals surface area contributed by atoms with Crippen LogP contribution >= 0.6 is 11.8 Å². The first-order valence-corrected chi connectivity index (χ1v) is 6.25. The average molecular weight is 267 g/mol. The number of Topliss-reactive ketones (excluding diaryl/α,β-unsaturated/α-hetero) is 1. The molecule has 96 valence electrons. The predicted molar refractivity (Wildman–Crippen MR) is 73.0 cm³/mol. The molecule has 0 aliphatic heterocycles. The topological polar surface area (TPSA) is 84.6 Å². The van der Waals surface area contributed by atoms with Gasteiger partial charge in [-0.15, -0.1) is 11.8 Å². The van der Waals surface area contributed by atoms with E-state index < -0.39 is 4.92 Å². The number of nitrogens with one attached hydrogen (secondary N) is 1. The molecule has 7 heteroatoms. The van der Waals surface area contributed by atoms with Crippen molar-refractivity contribution < 1.29 is 9.72 Å². The highest BCUT2D eigenvalue weighted by atomic mass is 32.2. The van der Waals surface area contributed by atoms with Crippen molar-refractivity contribution >= 4 is 34.0 Å². The Morgan fingerprint density at radius 1 is 1.50 bits per heavy atom. The third kappa shape index (κ3) is 3.85. The van der Waals surface area contributed by atoms with Crippen molar-refractivity contribution in [2.24, 2.45) is 5.10 Å². The highest BCUT2D eigenvalue weighted by Crippen LogP contribution is 2.23. The summed E-state index contributed by atoms with van der Waals surface area (Å²) in [5.41, 5.74) is 2.75. The van der Waals surface area contributed by atoms with E-state index in [0.29, 0.717) is 10.8 Å². The van der Waals surface area contributed by atoms with E-state index in [2.05, 4.69) is 10.5 Å². The van der Waals surface area contributed by atoms with Crippen molar-refractivity contribution in [3.05, 3.63) is 34.4 Å². The fourth-order valence-corrected chi connectivity index (χ4v) is 1.77. The van der Waals surface area contributed by atoms with Crippen molar-refractivity contribution in [3.8, 4) is 0 Å². The number of benzene rings is 1. The summed E-state index contributed by atoms with van der Waals surface area (Å²) in [6.45, 7) is 3.30. The fraction of sp³-hybridized carbons (Fsp3) is 0.273. The average Bonchev–Trinajstić information content (AvgIpc) is 2.34. The maximum absolute atomic E-state index is 11.2. The minimum absolute atomic E-state index is 0.0781. The zero-order valence-electron chi connectivity index (χ0n) is 10.0. The molecule has 1 aromatic rings. The van der Waals surface area contributed by atoms with Gasteiger partial charge in [-0.3, -0.25) is 20.3 Å². The number of ketones is 1. The van der Waals surface area contributed by atoms with Crippen LogP contribution < -0.4 is 5.43 Å². The Morgan fingerprint density at radius 3 is 2.72 bits per heavy atom. The number of rotatable bonds is 5. The molecule has 0 fully saturated rings. The number of carbonyl (C=O) groups is 1. The van der Waals surface area contributed by atoms with E-state index >= 15 is 0 Å². The number of hydrazone groups is 1. The molecule has 0 aliphatic carbocycles. The molecule has 6 nitrogen and oxygen atoms in total. The van der Waals surface area contributed by atoms with Crippen LogP contribution in [-0.2, 0) is 4.79 Å². The molecular formula is C11H13N3O3S. The van der Waals surface area contributed by atoms with Gasteiger partial charge in [-0.2, -0.15) is 5.10 Å². The van der Waals surface area contributed by atoms with Gasteiger partial charge >= 0.3 is 0 Å². The summed E-state index contributed by atoms with van der Waals surface area (Å²) in [4.78, 5) is 21.5. The van der Waals surface area contributed by atoms with Crippen LogP contribution in [0.1, 0.15) is 13.8 Å². The van der Waals surface area contributed by atoms with Crippen LogP contribution in [0.5, 0.6) is 0 Å². The molecule has 0 saturated heterocycles. The second-order valence-corrected chi connectivity index (χ2v) is 4.54. The molecule has 0 unspecified atom stereocenters. The van der Waals surface area contributed by atoms with Crippen molar-refractivity contribution in [1.82, 2.24) is 0 Å². The summed E-state index contributed by atoms with van der Waals surface area (Å²) in [7, 11) is 0. The zero-order valence-corrected chi connectivity index (χ0v) is 10.9. The van der Waals surface area contributed by atoms with Gasteiger partial charge in [0.05, 0.1) is 4.92 Å². The number of carbonyl (C=O) groups excluding carboxylic acids is 1. The number of hydrogen-bond acceptors (Lipinski definition) is 6. The van der Waals surface area contributed by atoms with Crippen molar-refractivity contribution in [2.45, 2.75) is 13.8 Å². The van der Waals surface area contributed by atoms with Crippen LogP contribution in [0, 0.1) is 10.1 Å². The van der Waals surface area contributed by atoms with Gasteiger partial charge in [0, 0.05) is 13.0 Å². The molecule has 1 N–H and O–H groups in total. The lowest BCUT2D eigenvalue weighted by molar-refractivity contribution is -0.384. The number of nitro groups is 1. The highest BCUT2D eigenvalue weighted by molar-refractivity contribution is 8.15. The Hall–Kier alpha value is -1.89. The van der Waals surface area contributed by atoms with Crippen LogP contribution in [0.2, 0.25) is 0 Å². The van der Waals surface area contributed by atoms with Gasteiger partial charge in [0.2, 0.25) is 0 Å². The number of para-hydroxylation sites is 2. The fourth-order valence-electron chi connectivity index (χ4n) is 1.19. The lowest BCUT2D eigenvalue weighted by Crippen LogP contribution is -2.09. The first-order chi connectivity index (χ1) is 8.56. The molecule has 1 rings (SSSR count). The molecule has 1 aromatic carbocycles. The second kappa shape index (κ2) is 6.75. The van der Waals surface area contributed by atoms with Crippen molar-refractivity contribution in [2.75, 3.05) is 11.2 Å². The third-order valence-corrected chi connectivity index (χ3v) is 2.90. The smallest absolute Gasteiger partial charge is 0.292 e. The lowest BCUT2D eigenvalue weighted by atomic mass is 10.3. The van der Waals surface area contributed by atoms with Crippen LogP contribution in [0.15, 0.2) is 29.4 Å². The number of nitrogens with zero attached hydrogens (tertiary/aromatic N) is 2. The largest absolute Gasteiger partial charge is 0.294 e. The van der Waals surface area contributed by atoms with Crippen LogP contribution in [0.25, 0.3) is 0 Å². The summed E-state index contributed by atoms with van der Waals surface area (Å²) in [5, 5.41) is 15.0. The van der Waals surface area contributed by atoms with Crippen LogP contribution in [0.4, 0.5) is 11.4 Å². The molecule has 0 radical (unpaired) electrons. The van der Waals surface area contributed by atoms with E-state index in [1.807, 2.05) is 6.92 Å². The van der Waals surface area contributed by atoms with E-state index in [1.165, 1.54) is 30.8 Å². The SMILES string of the molecule is CCSC(=NNc1ccccc1[N+](=O)[O-])C(C)=O. The third-order valence-electron chi connectivity index (χ3n) is 1.96. The first kappa shape index (κ1) is 14.2. The van der Waals surface area contributed by atoms with Gasteiger partial charge < -0.3 is 0 Å². The number of hydrogen-bond donors (Lipinski definition) is 1. The van der Waals surface area contributed by atoms with E-state index in [0.717, 1.165) is 0 Å². The molecule has 0 heterocycles. The van der Waals surface area contributed by atoms with Crippen LogP contribution in [0.3, 0.4) is 0 Å². The molecule has 0 aromatic heterocycles. The minimum atomic E-state index is -0.502. The Labute approximate surface area is 109 Å². The second-order valence-electron chi connectivity index (χ2n) is 3.29. The summed E-state index contributed by atoms with van der Waals surface area (Å²) in [6.07, 6.45) is 0. The van der Waals surface area contributed by atoms with E-state index in [-0.39, 0.29) is 17.2 Å². The van der Waals surface area contributed by atoms with Gasteiger partial charge in [0.25, 0.3) is 5.69 Å². The van der Waals surface area contributed by atoms with Gasteiger partial charge in [-0.05, 0) is 11.8 Å². The van der Waals surface area contributed by atoms with Crippen LogP contribution in [-0.4, -0.2) is 21.5 Å². The summed E-state index contributed by atoms with van der Waals surface area (Å²) >= 11 is 1.29. The van der Waals surface area contributed by atoms with Gasteiger partial charge in [-0.1, -0.05) is 19.1 Å². The summed E-state index contributed by atoms with van der Waals surface area (Å²) in [5.74, 6) is 0.532. The molecule has 18 heavy (non-hydrogen) atoms. The van der Waals surface area contributed by atoms with E-state index in [9.17, 15) is 14.9 Å². The monoisotopic (exact) mass is 267 g/mol. The normalized spacial score (nSPS) is 11.1. The zero-order chi connectivity index (χ0) is 13.5. The summed E-state index contributed by atoms with van der Waals surface area (Å²) in [6, 6.07) is 6.14. The van der Waals surface area contributed by atoms with Gasteiger partial charge in [0.15, 0.2) is 10.8 Å². The van der Waals surface area contributed by atoms with Gasteiger partial charge in [-0.25, -0.2) is 0 Å². The van der Waals surface area contributed by atoms with Crippen molar-refractivity contribution in [3.63, 3.8) is 0 Å². The predicted octanol–water partition coefficient (Wildman–Crippen LogP) is 2.66. The lowest BCUT2D eigenvalue weighted by Gasteiger charge is -2.03. The maximum Gasteiger partial charge on any atom is 0.294 e. The number of anilines is 1. The Bertz CT molecular complexity index is 488. The van der Waals surface area contributed by atoms with Gasteiger partial charge in [0.1, 0.15) is 5.69 Å². The molecular weight excluding hydrogens is 254 g/mol. The quantitative estimate of drug-likeness (QED) is 0.383. The Balaban J connectivity index is 2.93. The first-order valence-electron chi connectivity index (χ1n) is 5.27. The molecule has 0 amide bonds. The standard InChI is InChI=1S/C11H13N3O3S/c1-3-18-11(8(2)15)13-12-9-6-4-5-7-10(9)14(16)17/h4-7,12H,3H2,1-2H3. The molecule has 0 spiro atoms. The molecule has 0 bridgehead atoms. The molecule has 0 saturated carbocycles. The summed E-state index contributed by atoms with van der Waals surface area (Å²) < 4.78 is 0. The Morgan fingerprint density at radius 2 is 2.17 bits per heavy atom. The van der Waals surface area contributed by atoms with E-state index in [1.54, 1.807) is 12.1 Å². The molecule has 0 atom stereocenters. The minimum Gasteiger partial charge on any atom is -0.292 e. The van der Waals surface area contributed by atoms with Crippen molar-refractivity contribution in [1.29, 1.82) is 0 Å². The number of nitro benzene ring substituents is 1. The highest BCUT2D eigenvalue weighted by Gasteiger charge is 2.12.